The minimum absolute atomic E-state index is 0.310. The lowest BCUT2D eigenvalue weighted by Gasteiger charge is -2.07. The molecule has 1 N–H and O–H groups in total. The van der Waals surface area contributed by atoms with Gasteiger partial charge in [-0.3, -0.25) is 0 Å². The van der Waals surface area contributed by atoms with Gasteiger partial charge in [-0.2, -0.15) is 0 Å². The molecule has 0 bridgehead atoms. The van der Waals surface area contributed by atoms with Gasteiger partial charge in [-0.1, -0.05) is 51.7 Å². The second kappa shape index (κ2) is 10.8. The standard InChI is InChI=1S/C13H26O/c1-3-5-7-8-9-11-13(12-14)10-6-4-2/h9,11,13-14H,3-8,10,12H2,1-2H3/b11-9-/t13-/m1/s1. The zero-order valence-electron chi connectivity index (χ0n) is 9.84. The summed E-state index contributed by atoms with van der Waals surface area (Å²) in [5.74, 6) is 0.400. The van der Waals surface area contributed by atoms with Crippen molar-refractivity contribution in [2.45, 2.75) is 58.8 Å². The average molecular weight is 198 g/mol. The van der Waals surface area contributed by atoms with Gasteiger partial charge in [0.05, 0.1) is 0 Å². The van der Waals surface area contributed by atoms with Crippen LogP contribution in [0.15, 0.2) is 12.2 Å². The lowest BCUT2D eigenvalue weighted by Crippen LogP contribution is -2.01. The molecule has 1 heteroatoms. The summed E-state index contributed by atoms with van der Waals surface area (Å²) in [6.07, 6.45) is 13.1. The van der Waals surface area contributed by atoms with E-state index in [1.807, 2.05) is 0 Å². The van der Waals surface area contributed by atoms with Gasteiger partial charge in [-0.25, -0.2) is 0 Å². The van der Waals surface area contributed by atoms with Gasteiger partial charge in [-0.05, 0) is 25.2 Å². The molecule has 0 spiro atoms. The van der Waals surface area contributed by atoms with E-state index < -0.39 is 0 Å². The second-order valence-electron chi connectivity index (χ2n) is 4.01. The first-order valence-corrected chi connectivity index (χ1v) is 6.12. The van der Waals surface area contributed by atoms with Gasteiger partial charge in [0.15, 0.2) is 0 Å². The van der Waals surface area contributed by atoms with Crippen LogP contribution in [-0.4, -0.2) is 11.7 Å². The first-order chi connectivity index (χ1) is 6.85. The Kier molecular flexibility index (Phi) is 10.5. The van der Waals surface area contributed by atoms with Crippen molar-refractivity contribution in [2.24, 2.45) is 5.92 Å². The average Bonchev–Trinajstić information content (AvgIpc) is 2.22. The Bertz CT molecular complexity index is 129. The van der Waals surface area contributed by atoms with Crippen molar-refractivity contribution in [3.05, 3.63) is 12.2 Å². The summed E-state index contributed by atoms with van der Waals surface area (Å²) in [4.78, 5) is 0. The molecule has 1 nitrogen and oxygen atoms in total. The van der Waals surface area contributed by atoms with Crippen molar-refractivity contribution in [3.63, 3.8) is 0 Å². The number of hydrogen-bond acceptors (Lipinski definition) is 1. The van der Waals surface area contributed by atoms with E-state index in [-0.39, 0.29) is 0 Å². The lowest BCUT2D eigenvalue weighted by molar-refractivity contribution is 0.244. The highest BCUT2D eigenvalue weighted by atomic mass is 16.3. The fourth-order valence-electron chi connectivity index (χ4n) is 1.52. The third-order valence-electron chi connectivity index (χ3n) is 2.55. The maximum absolute atomic E-state index is 9.10. The molecule has 0 unspecified atom stereocenters. The topological polar surface area (TPSA) is 20.2 Å². The molecule has 0 aliphatic heterocycles. The Morgan fingerprint density at radius 3 is 2.36 bits per heavy atom. The van der Waals surface area contributed by atoms with Gasteiger partial charge in [0.25, 0.3) is 0 Å². The van der Waals surface area contributed by atoms with E-state index in [0.29, 0.717) is 12.5 Å². The van der Waals surface area contributed by atoms with E-state index in [0.717, 1.165) is 6.42 Å². The van der Waals surface area contributed by atoms with Crippen LogP contribution in [0.2, 0.25) is 0 Å². The molecule has 0 aliphatic carbocycles. The maximum atomic E-state index is 9.10. The van der Waals surface area contributed by atoms with E-state index in [1.54, 1.807) is 0 Å². The Labute approximate surface area is 89.2 Å². The number of allylic oxidation sites excluding steroid dienone is 1. The van der Waals surface area contributed by atoms with E-state index in [9.17, 15) is 0 Å². The number of unbranched alkanes of at least 4 members (excludes halogenated alkanes) is 4. The molecular weight excluding hydrogens is 172 g/mol. The Morgan fingerprint density at radius 2 is 1.79 bits per heavy atom. The molecule has 1 atom stereocenters. The van der Waals surface area contributed by atoms with Crippen molar-refractivity contribution >= 4 is 0 Å². The van der Waals surface area contributed by atoms with E-state index in [4.69, 9.17) is 5.11 Å². The Balaban J connectivity index is 3.47. The number of aliphatic hydroxyl groups excluding tert-OH is 1. The van der Waals surface area contributed by atoms with Gasteiger partial charge >= 0.3 is 0 Å². The van der Waals surface area contributed by atoms with E-state index in [2.05, 4.69) is 26.0 Å². The summed E-state index contributed by atoms with van der Waals surface area (Å²) in [6.45, 7) is 4.73. The molecule has 0 rings (SSSR count). The van der Waals surface area contributed by atoms with Crippen LogP contribution in [0.1, 0.15) is 58.8 Å². The van der Waals surface area contributed by atoms with Crippen LogP contribution in [0.3, 0.4) is 0 Å². The molecule has 0 saturated heterocycles. The summed E-state index contributed by atoms with van der Waals surface area (Å²) in [5.41, 5.74) is 0. The maximum Gasteiger partial charge on any atom is 0.0493 e. The molecular formula is C13H26O. The predicted octanol–water partition coefficient (Wildman–Crippen LogP) is 3.92. The molecule has 0 amide bonds. The molecule has 0 aromatic rings. The summed E-state index contributed by atoms with van der Waals surface area (Å²) in [6, 6.07) is 0. The van der Waals surface area contributed by atoms with E-state index in [1.165, 1.54) is 38.5 Å². The summed E-state index contributed by atoms with van der Waals surface area (Å²) in [7, 11) is 0. The summed E-state index contributed by atoms with van der Waals surface area (Å²) >= 11 is 0. The molecule has 0 heterocycles. The third-order valence-corrected chi connectivity index (χ3v) is 2.55. The Hall–Kier alpha value is -0.300. The van der Waals surface area contributed by atoms with Gasteiger partial charge in [0.2, 0.25) is 0 Å². The van der Waals surface area contributed by atoms with Crippen molar-refractivity contribution < 1.29 is 5.11 Å². The highest BCUT2D eigenvalue weighted by Gasteiger charge is 2.00. The van der Waals surface area contributed by atoms with Gasteiger partial charge in [0, 0.05) is 6.61 Å². The molecule has 0 aromatic carbocycles. The molecule has 0 aliphatic rings. The zero-order chi connectivity index (χ0) is 10.6. The smallest absolute Gasteiger partial charge is 0.0493 e. The van der Waals surface area contributed by atoms with Crippen LogP contribution in [0.5, 0.6) is 0 Å². The zero-order valence-corrected chi connectivity index (χ0v) is 9.84. The van der Waals surface area contributed by atoms with Gasteiger partial charge in [-0.15, -0.1) is 0 Å². The van der Waals surface area contributed by atoms with Crippen molar-refractivity contribution in [1.29, 1.82) is 0 Å². The number of aliphatic hydroxyl groups is 1. The highest BCUT2D eigenvalue weighted by molar-refractivity contribution is 4.88. The molecule has 0 radical (unpaired) electrons. The van der Waals surface area contributed by atoms with Crippen molar-refractivity contribution in [2.75, 3.05) is 6.61 Å². The second-order valence-corrected chi connectivity index (χ2v) is 4.01. The van der Waals surface area contributed by atoms with Crippen LogP contribution >= 0.6 is 0 Å². The largest absolute Gasteiger partial charge is 0.396 e. The van der Waals surface area contributed by atoms with E-state index >= 15 is 0 Å². The number of hydrogen-bond donors (Lipinski definition) is 1. The predicted molar refractivity (Wildman–Crippen MR) is 63.4 cm³/mol. The SMILES string of the molecule is CCCCC/C=C\[C@H](CO)CCCC. The van der Waals surface area contributed by atoms with Crippen molar-refractivity contribution in [3.8, 4) is 0 Å². The summed E-state index contributed by atoms with van der Waals surface area (Å²) < 4.78 is 0. The quantitative estimate of drug-likeness (QED) is 0.440. The highest BCUT2D eigenvalue weighted by Crippen LogP contribution is 2.10. The van der Waals surface area contributed by atoms with Crippen LogP contribution in [0.4, 0.5) is 0 Å². The Morgan fingerprint density at radius 1 is 1.07 bits per heavy atom. The van der Waals surface area contributed by atoms with Crippen molar-refractivity contribution in [1.82, 2.24) is 0 Å². The monoisotopic (exact) mass is 198 g/mol. The normalized spacial score (nSPS) is 13.6. The van der Waals surface area contributed by atoms with Gasteiger partial charge < -0.3 is 5.11 Å². The fraction of sp³-hybridized carbons (Fsp3) is 0.846. The van der Waals surface area contributed by atoms with Crippen LogP contribution in [-0.2, 0) is 0 Å². The fourth-order valence-corrected chi connectivity index (χ4v) is 1.52. The minimum Gasteiger partial charge on any atom is -0.396 e. The first-order valence-electron chi connectivity index (χ1n) is 6.12. The molecule has 84 valence electrons. The molecule has 0 aromatic heterocycles. The lowest BCUT2D eigenvalue weighted by atomic mass is 10.0. The molecule has 0 fully saturated rings. The third kappa shape index (κ3) is 8.31. The van der Waals surface area contributed by atoms with Gasteiger partial charge in [0.1, 0.15) is 0 Å². The number of rotatable bonds is 9. The van der Waals surface area contributed by atoms with Crippen LogP contribution in [0, 0.1) is 5.92 Å². The summed E-state index contributed by atoms with van der Waals surface area (Å²) in [5, 5.41) is 9.10. The van der Waals surface area contributed by atoms with Crippen LogP contribution < -0.4 is 0 Å². The molecule has 0 saturated carbocycles. The first kappa shape index (κ1) is 13.7. The minimum atomic E-state index is 0.310. The van der Waals surface area contributed by atoms with Crippen LogP contribution in [0.25, 0.3) is 0 Å². The molecule has 14 heavy (non-hydrogen) atoms.